The first-order valence-corrected chi connectivity index (χ1v) is 5.97. The number of nitrogens with zero attached hydrogens (tertiary/aromatic N) is 1. The van der Waals surface area contributed by atoms with E-state index in [9.17, 15) is 10.1 Å². The highest BCUT2D eigenvalue weighted by atomic mass is 35.5. The molecule has 0 unspecified atom stereocenters. The van der Waals surface area contributed by atoms with E-state index in [0.29, 0.717) is 5.02 Å². The summed E-state index contributed by atoms with van der Waals surface area (Å²) in [6.07, 6.45) is 2.28. The Morgan fingerprint density at radius 1 is 1.18 bits per heavy atom. The average Bonchev–Trinajstić information content (AvgIpc) is 2.31. The van der Waals surface area contributed by atoms with Crippen molar-refractivity contribution in [3.05, 3.63) is 39.4 Å². The van der Waals surface area contributed by atoms with Crippen LogP contribution in [-0.4, -0.2) is 18.1 Å². The van der Waals surface area contributed by atoms with Gasteiger partial charge in [-0.25, -0.2) is 0 Å². The van der Waals surface area contributed by atoms with E-state index in [0.717, 1.165) is 26.1 Å². The first kappa shape index (κ1) is 15.9. The molecule has 0 radical (unpaired) electrons. The normalized spacial score (nSPS) is 9.35. The summed E-state index contributed by atoms with van der Waals surface area (Å²) in [7, 11) is 0. The molecule has 5 heteroatoms. The minimum atomic E-state index is -0.462. The summed E-state index contributed by atoms with van der Waals surface area (Å²) in [5.74, 6) is 0. The first-order valence-electron chi connectivity index (χ1n) is 5.59. The molecule has 0 aliphatic heterocycles. The third-order valence-electron chi connectivity index (χ3n) is 1.73. The summed E-state index contributed by atoms with van der Waals surface area (Å²) in [6, 6.07) is 5.70. The van der Waals surface area contributed by atoms with Crippen molar-refractivity contribution in [3.8, 4) is 0 Å². The minimum absolute atomic E-state index is 0.0596. The lowest BCUT2D eigenvalue weighted by Crippen LogP contribution is -1.92. The molecule has 17 heavy (non-hydrogen) atoms. The molecule has 0 atom stereocenters. The van der Waals surface area contributed by atoms with Crippen LogP contribution in [0.1, 0.15) is 26.7 Å². The standard InChI is InChI=1S/C6H4ClNO2.C6H14O/c7-5-1-3-6(4-2-5)8(9)10;1-3-5-7-6-4-2/h1-4H;3-6H2,1-2H3. The Kier molecular flexibility index (Phi) is 9.38. The Labute approximate surface area is 107 Å². The van der Waals surface area contributed by atoms with Gasteiger partial charge in [0.1, 0.15) is 0 Å². The zero-order valence-electron chi connectivity index (χ0n) is 10.2. The van der Waals surface area contributed by atoms with Crippen molar-refractivity contribution in [1.82, 2.24) is 0 Å². The highest BCUT2D eigenvalue weighted by Crippen LogP contribution is 2.14. The van der Waals surface area contributed by atoms with Gasteiger partial charge in [0.15, 0.2) is 0 Å². The summed E-state index contributed by atoms with van der Waals surface area (Å²) in [5, 5.41) is 10.6. The smallest absolute Gasteiger partial charge is 0.269 e. The van der Waals surface area contributed by atoms with Gasteiger partial charge in [-0.05, 0) is 25.0 Å². The third kappa shape index (κ3) is 8.65. The fourth-order valence-electron chi connectivity index (χ4n) is 0.954. The topological polar surface area (TPSA) is 52.4 Å². The number of benzene rings is 1. The predicted octanol–water partition coefficient (Wildman–Crippen LogP) is 4.07. The molecule has 0 N–H and O–H groups in total. The van der Waals surface area contributed by atoms with Gasteiger partial charge in [0.05, 0.1) is 4.92 Å². The summed E-state index contributed by atoms with van der Waals surface area (Å²) >= 11 is 5.49. The van der Waals surface area contributed by atoms with Gasteiger partial charge in [-0.1, -0.05) is 25.4 Å². The maximum Gasteiger partial charge on any atom is 0.269 e. The van der Waals surface area contributed by atoms with Gasteiger partial charge in [0.2, 0.25) is 0 Å². The quantitative estimate of drug-likeness (QED) is 0.455. The van der Waals surface area contributed by atoms with Crippen molar-refractivity contribution in [2.75, 3.05) is 13.2 Å². The number of nitro groups is 1. The van der Waals surface area contributed by atoms with Crippen molar-refractivity contribution in [1.29, 1.82) is 0 Å². The fourth-order valence-corrected chi connectivity index (χ4v) is 1.08. The molecular formula is C12H18ClNO3. The number of halogens is 1. The Bertz CT molecular complexity index is 310. The van der Waals surface area contributed by atoms with Gasteiger partial charge in [0.25, 0.3) is 5.69 Å². The van der Waals surface area contributed by atoms with E-state index in [1.807, 2.05) is 0 Å². The molecule has 0 aliphatic rings. The molecule has 1 aromatic rings. The molecule has 0 aliphatic carbocycles. The number of rotatable bonds is 5. The van der Waals surface area contributed by atoms with Crippen LogP contribution in [0.5, 0.6) is 0 Å². The van der Waals surface area contributed by atoms with E-state index in [-0.39, 0.29) is 5.69 Å². The second kappa shape index (κ2) is 10.1. The van der Waals surface area contributed by atoms with Crippen LogP contribution in [0.2, 0.25) is 5.02 Å². The monoisotopic (exact) mass is 259 g/mol. The maximum atomic E-state index is 10.1. The molecule has 0 spiro atoms. The molecule has 1 aromatic carbocycles. The number of hydrogen-bond donors (Lipinski definition) is 0. The summed E-state index contributed by atoms with van der Waals surface area (Å²) in [5.41, 5.74) is 0.0596. The van der Waals surface area contributed by atoms with E-state index in [2.05, 4.69) is 13.8 Å². The maximum absolute atomic E-state index is 10.1. The van der Waals surface area contributed by atoms with Gasteiger partial charge in [-0.3, -0.25) is 10.1 Å². The first-order chi connectivity index (χ1) is 8.11. The molecule has 0 amide bonds. The number of hydrogen-bond acceptors (Lipinski definition) is 3. The Balaban J connectivity index is 0.000000325. The SMILES string of the molecule is CCCOCCC.O=[N+]([O-])c1ccc(Cl)cc1. The Morgan fingerprint density at radius 2 is 1.65 bits per heavy atom. The molecule has 4 nitrogen and oxygen atoms in total. The highest BCUT2D eigenvalue weighted by Gasteiger charge is 2.01. The number of ether oxygens (including phenoxy) is 1. The third-order valence-corrected chi connectivity index (χ3v) is 1.99. The van der Waals surface area contributed by atoms with Crippen LogP contribution in [0.25, 0.3) is 0 Å². The Hall–Kier alpha value is -1.13. The molecule has 0 aromatic heterocycles. The van der Waals surface area contributed by atoms with Gasteiger partial charge in [-0.15, -0.1) is 0 Å². The van der Waals surface area contributed by atoms with Gasteiger partial charge in [-0.2, -0.15) is 0 Å². The van der Waals surface area contributed by atoms with Crippen molar-refractivity contribution >= 4 is 17.3 Å². The van der Waals surface area contributed by atoms with Crippen LogP contribution >= 0.6 is 11.6 Å². The van der Waals surface area contributed by atoms with Crippen LogP contribution in [-0.2, 0) is 4.74 Å². The molecular weight excluding hydrogens is 242 g/mol. The zero-order chi connectivity index (χ0) is 13.1. The van der Waals surface area contributed by atoms with E-state index >= 15 is 0 Å². The van der Waals surface area contributed by atoms with Crippen molar-refractivity contribution in [2.45, 2.75) is 26.7 Å². The Morgan fingerprint density at radius 3 is 2.00 bits per heavy atom. The number of non-ortho nitro benzene ring substituents is 1. The molecule has 0 fully saturated rings. The van der Waals surface area contributed by atoms with Crippen molar-refractivity contribution in [3.63, 3.8) is 0 Å². The van der Waals surface area contributed by atoms with E-state index < -0.39 is 4.92 Å². The van der Waals surface area contributed by atoms with Gasteiger partial charge in [0, 0.05) is 30.4 Å². The van der Waals surface area contributed by atoms with E-state index in [1.165, 1.54) is 24.3 Å². The van der Waals surface area contributed by atoms with Crippen LogP contribution in [0.15, 0.2) is 24.3 Å². The highest BCUT2D eigenvalue weighted by molar-refractivity contribution is 6.30. The zero-order valence-corrected chi connectivity index (χ0v) is 10.9. The summed E-state index contributed by atoms with van der Waals surface area (Å²) in [4.78, 5) is 9.61. The van der Waals surface area contributed by atoms with Crippen molar-refractivity contribution in [2.24, 2.45) is 0 Å². The molecule has 0 saturated carbocycles. The fraction of sp³-hybridized carbons (Fsp3) is 0.500. The lowest BCUT2D eigenvalue weighted by Gasteiger charge is -1.95. The number of nitro benzene ring substituents is 1. The van der Waals surface area contributed by atoms with Crippen molar-refractivity contribution < 1.29 is 9.66 Å². The van der Waals surface area contributed by atoms with Crippen LogP contribution in [0, 0.1) is 10.1 Å². The minimum Gasteiger partial charge on any atom is -0.381 e. The lowest BCUT2D eigenvalue weighted by atomic mass is 10.3. The molecule has 96 valence electrons. The molecule has 1 rings (SSSR count). The largest absolute Gasteiger partial charge is 0.381 e. The lowest BCUT2D eigenvalue weighted by molar-refractivity contribution is -0.384. The van der Waals surface area contributed by atoms with E-state index in [1.54, 1.807) is 0 Å². The summed E-state index contributed by atoms with van der Waals surface area (Å²) in [6.45, 7) is 6.09. The second-order valence-electron chi connectivity index (χ2n) is 3.35. The second-order valence-corrected chi connectivity index (χ2v) is 3.78. The van der Waals surface area contributed by atoms with E-state index in [4.69, 9.17) is 16.3 Å². The molecule has 0 saturated heterocycles. The van der Waals surface area contributed by atoms with Crippen LogP contribution in [0.3, 0.4) is 0 Å². The van der Waals surface area contributed by atoms with Crippen LogP contribution < -0.4 is 0 Å². The van der Waals surface area contributed by atoms with Gasteiger partial charge < -0.3 is 4.74 Å². The van der Waals surface area contributed by atoms with Gasteiger partial charge >= 0.3 is 0 Å². The predicted molar refractivity (Wildman–Crippen MR) is 69.5 cm³/mol. The molecule has 0 heterocycles. The molecule has 0 bridgehead atoms. The average molecular weight is 260 g/mol. The summed E-state index contributed by atoms with van der Waals surface area (Å²) < 4.78 is 5.13. The van der Waals surface area contributed by atoms with Crippen LogP contribution in [0.4, 0.5) is 5.69 Å².